The van der Waals surface area contributed by atoms with Crippen molar-refractivity contribution in [3.8, 4) is 5.75 Å². The molecule has 2 aromatic rings. The first-order valence-corrected chi connectivity index (χ1v) is 8.18. The Morgan fingerprint density at radius 1 is 1.14 bits per heavy atom. The van der Waals surface area contributed by atoms with E-state index in [0.717, 1.165) is 12.3 Å². The van der Waals surface area contributed by atoms with Gasteiger partial charge in [-0.3, -0.25) is 0 Å². The molecule has 0 aliphatic heterocycles. The Morgan fingerprint density at radius 3 is 2.52 bits per heavy atom. The number of para-hydroxylation sites is 1. The van der Waals surface area contributed by atoms with Crippen molar-refractivity contribution < 1.29 is 4.74 Å². The highest BCUT2D eigenvalue weighted by molar-refractivity contribution is 7.12. The molecule has 0 saturated carbocycles. The van der Waals surface area contributed by atoms with E-state index < -0.39 is 0 Å². The molecule has 0 aliphatic carbocycles. The van der Waals surface area contributed by atoms with Gasteiger partial charge in [0.1, 0.15) is 12.4 Å². The smallest absolute Gasteiger partial charge is 0.122 e. The van der Waals surface area contributed by atoms with Crippen molar-refractivity contribution in [3.63, 3.8) is 0 Å². The van der Waals surface area contributed by atoms with Crippen LogP contribution in [0.25, 0.3) is 0 Å². The Balaban J connectivity index is 1.98. The van der Waals surface area contributed by atoms with Gasteiger partial charge < -0.3 is 10.1 Å². The number of benzene rings is 1. The normalized spacial score (nSPS) is 11.7. The van der Waals surface area contributed by atoms with Crippen molar-refractivity contribution in [2.45, 2.75) is 53.3 Å². The highest BCUT2D eigenvalue weighted by Gasteiger charge is 2.11. The van der Waals surface area contributed by atoms with Crippen molar-refractivity contribution in [2.75, 3.05) is 0 Å². The minimum atomic E-state index is 0.149. The second kappa shape index (κ2) is 6.63. The molecule has 2 rings (SSSR count). The van der Waals surface area contributed by atoms with Gasteiger partial charge >= 0.3 is 0 Å². The summed E-state index contributed by atoms with van der Waals surface area (Å²) in [5.74, 6) is 0.970. The molecule has 2 nitrogen and oxygen atoms in total. The molecule has 0 bridgehead atoms. The molecule has 1 heterocycles. The highest BCUT2D eigenvalue weighted by Crippen LogP contribution is 2.25. The molecule has 3 heteroatoms. The van der Waals surface area contributed by atoms with E-state index in [4.69, 9.17) is 4.74 Å². The van der Waals surface area contributed by atoms with Gasteiger partial charge in [-0.1, -0.05) is 18.2 Å². The molecule has 0 unspecified atom stereocenters. The summed E-state index contributed by atoms with van der Waals surface area (Å²) in [4.78, 5) is 2.71. The Labute approximate surface area is 132 Å². The first-order valence-electron chi connectivity index (χ1n) is 7.37. The van der Waals surface area contributed by atoms with Crippen LogP contribution in [-0.2, 0) is 13.2 Å². The number of hydrogen-bond donors (Lipinski definition) is 1. The summed E-state index contributed by atoms with van der Waals surface area (Å²) in [7, 11) is 0. The number of aryl methyl sites for hydroxylation is 2. The van der Waals surface area contributed by atoms with Crippen LogP contribution in [0.5, 0.6) is 5.75 Å². The van der Waals surface area contributed by atoms with Gasteiger partial charge in [0.15, 0.2) is 0 Å². The van der Waals surface area contributed by atoms with Crippen LogP contribution in [0, 0.1) is 13.8 Å². The predicted molar refractivity (Wildman–Crippen MR) is 91.2 cm³/mol. The lowest BCUT2D eigenvalue weighted by Crippen LogP contribution is -2.34. The minimum Gasteiger partial charge on any atom is -0.489 e. The fourth-order valence-corrected chi connectivity index (χ4v) is 3.03. The van der Waals surface area contributed by atoms with E-state index in [1.165, 1.54) is 20.9 Å². The van der Waals surface area contributed by atoms with Gasteiger partial charge in [0.2, 0.25) is 0 Å². The van der Waals surface area contributed by atoms with Crippen molar-refractivity contribution in [1.29, 1.82) is 0 Å². The van der Waals surface area contributed by atoms with E-state index in [-0.39, 0.29) is 5.54 Å². The average molecular weight is 303 g/mol. The van der Waals surface area contributed by atoms with Crippen molar-refractivity contribution >= 4 is 11.3 Å². The maximum Gasteiger partial charge on any atom is 0.122 e. The molecular formula is C18H25NOS. The van der Waals surface area contributed by atoms with E-state index in [0.29, 0.717) is 6.61 Å². The summed E-state index contributed by atoms with van der Waals surface area (Å²) < 4.78 is 5.95. The van der Waals surface area contributed by atoms with Gasteiger partial charge in [0, 0.05) is 27.4 Å². The van der Waals surface area contributed by atoms with Crippen LogP contribution in [-0.4, -0.2) is 5.54 Å². The Bertz CT molecular complexity index is 596. The topological polar surface area (TPSA) is 21.3 Å². The summed E-state index contributed by atoms with van der Waals surface area (Å²) in [6.07, 6.45) is 0. The van der Waals surface area contributed by atoms with Crippen LogP contribution in [0.3, 0.4) is 0 Å². The molecule has 0 amide bonds. The van der Waals surface area contributed by atoms with Crippen LogP contribution in [0.2, 0.25) is 0 Å². The number of rotatable bonds is 5. The molecule has 0 radical (unpaired) electrons. The van der Waals surface area contributed by atoms with E-state index in [1.54, 1.807) is 0 Å². The first-order chi connectivity index (χ1) is 9.85. The third-order valence-electron chi connectivity index (χ3n) is 3.34. The minimum absolute atomic E-state index is 0.149. The lowest BCUT2D eigenvalue weighted by molar-refractivity contribution is 0.304. The summed E-state index contributed by atoms with van der Waals surface area (Å²) in [5.41, 5.74) is 2.62. The maximum absolute atomic E-state index is 5.95. The van der Waals surface area contributed by atoms with Crippen LogP contribution in [0.4, 0.5) is 0 Å². The molecular weight excluding hydrogens is 278 g/mol. The van der Waals surface area contributed by atoms with Crippen molar-refractivity contribution in [1.82, 2.24) is 5.32 Å². The molecule has 0 saturated heterocycles. The molecule has 1 aromatic carbocycles. The second-order valence-corrected chi connectivity index (χ2v) is 7.79. The van der Waals surface area contributed by atoms with Gasteiger partial charge in [-0.15, -0.1) is 11.3 Å². The zero-order chi connectivity index (χ0) is 15.5. The number of ether oxygens (including phenoxy) is 1. The average Bonchev–Trinajstić information content (AvgIpc) is 2.75. The molecule has 0 aliphatic rings. The van der Waals surface area contributed by atoms with Gasteiger partial charge in [-0.2, -0.15) is 0 Å². The second-order valence-electron chi connectivity index (χ2n) is 6.45. The summed E-state index contributed by atoms with van der Waals surface area (Å²) in [5, 5.41) is 3.53. The molecule has 114 valence electrons. The third kappa shape index (κ3) is 4.87. The standard InChI is InChI=1S/C18H25NOS/c1-13-8-6-7-9-17(13)20-12-15-10-16(21-14(15)2)11-19-18(3,4)5/h6-10,19H,11-12H2,1-5H3. The van der Waals surface area contributed by atoms with Gasteiger partial charge in [-0.05, 0) is 52.3 Å². The van der Waals surface area contributed by atoms with Crippen molar-refractivity contribution in [3.05, 3.63) is 51.2 Å². The fraction of sp³-hybridized carbons (Fsp3) is 0.444. The van der Waals surface area contributed by atoms with Gasteiger partial charge in [0.25, 0.3) is 0 Å². The van der Waals surface area contributed by atoms with Crippen LogP contribution in [0.15, 0.2) is 30.3 Å². The zero-order valence-electron chi connectivity index (χ0n) is 13.6. The Hall–Kier alpha value is -1.32. The van der Waals surface area contributed by atoms with E-state index in [9.17, 15) is 0 Å². The van der Waals surface area contributed by atoms with E-state index in [1.807, 2.05) is 29.5 Å². The fourth-order valence-electron chi connectivity index (χ4n) is 2.04. The molecule has 0 spiro atoms. The monoisotopic (exact) mass is 303 g/mol. The van der Waals surface area contributed by atoms with Crippen LogP contribution in [0.1, 0.15) is 41.7 Å². The zero-order valence-corrected chi connectivity index (χ0v) is 14.4. The first kappa shape index (κ1) is 16.1. The van der Waals surface area contributed by atoms with Crippen LogP contribution >= 0.6 is 11.3 Å². The summed E-state index contributed by atoms with van der Waals surface area (Å²) in [6.45, 7) is 12.4. The van der Waals surface area contributed by atoms with E-state index in [2.05, 4.69) is 52.1 Å². The number of hydrogen-bond acceptors (Lipinski definition) is 3. The molecule has 0 atom stereocenters. The lowest BCUT2D eigenvalue weighted by Gasteiger charge is -2.19. The molecule has 0 fully saturated rings. The maximum atomic E-state index is 5.95. The van der Waals surface area contributed by atoms with Gasteiger partial charge in [-0.25, -0.2) is 0 Å². The summed E-state index contributed by atoms with van der Waals surface area (Å²) >= 11 is 1.85. The van der Waals surface area contributed by atoms with Gasteiger partial charge in [0.05, 0.1) is 0 Å². The SMILES string of the molecule is Cc1ccccc1OCc1cc(CNC(C)(C)C)sc1C. The van der Waals surface area contributed by atoms with Crippen LogP contribution < -0.4 is 10.1 Å². The Kier molecular flexibility index (Phi) is 5.07. The Morgan fingerprint density at radius 2 is 1.86 bits per heavy atom. The predicted octanol–water partition coefficient (Wildman–Crippen LogP) is 4.83. The molecule has 1 aromatic heterocycles. The lowest BCUT2D eigenvalue weighted by atomic mass is 10.1. The molecule has 21 heavy (non-hydrogen) atoms. The van der Waals surface area contributed by atoms with Crippen molar-refractivity contribution in [2.24, 2.45) is 0 Å². The highest BCUT2D eigenvalue weighted by atomic mass is 32.1. The van der Waals surface area contributed by atoms with E-state index >= 15 is 0 Å². The summed E-state index contributed by atoms with van der Waals surface area (Å²) in [6, 6.07) is 10.4. The third-order valence-corrected chi connectivity index (χ3v) is 4.43. The largest absolute Gasteiger partial charge is 0.489 e. The quantitative estimate of drug-likeness (QED) is 0.854. The number of nitrogens with one attached hydrogen (secondary N) is 1. The molecule has 1 N–H and O–H groups in total. The number of thiophene rings is 1.